The third kappa shape index (κ3) is 3.96. The molecule has 2 N–H and O–H groups in total. The fourth-order valence-electron chi connectivity index (χ4n) is 3.01. The second-order valence-electron chi connectivity index (χ2n) is 6.53. The maximum Gasteiger partial charge on any atom is 0.251 e. The van der Waals surface area contributed by atoms with Gasteiger partial charge in [-0.15, -0.1) is 0 Å². The number of hydrogen-bond acceptors (Lipinski definition) is 6. The van der Waals surface area contributed by atoms with Gasteiger partial charge in [0.25, 0.3) is 5.91 Å². The van der Waals surface area contributed by atoms with Crippen LogP contribution in [0.1, 0.15) is 17.3 Å². The number of ether oxygens (including phenoxy) is 1. The van der Waals surface area contributed by atoms with Crippen LogP contribution in [0.2, 0.25) is 0 Å². The predicted octanol–water partition coefficient (Wildman–Crippen LogP) is 3.97. The third-order valence-electron chi connectivity index (χ3n) is 4.53. The zero-order chi connectivity index (χ0) is 21.3. The van der Waals surface area contributed by atoms with Gasteiger partial charge in [-0.25, -0.2) is 18.7 Å². The lowest BCUT2D eigenvalue weighted by molar-refractivity contribution is 0.0922. The maximum atomic E-state index is 13.4. The molecule has 0 aliphatic heterocycles. The number of carbonyl (C=O) groups is 1. The summed E-state index contributed by atoms with van der Waals surface area (Å²) in [6, 6.07) is 7.44. The van der Waals surface area contributed by atoms with Crippen molar-refractivity contribution in [3.63, 3.8) is 0 Å². The second-order valence-corrected chi connectivity index (χ2v) is 7.56. The van der Waals surface area contributed by atoms with Gasteiger partial charge in [-0.3, -0.25) is 4.79 Å². The fraction of sp³-hybridized carbons (Fsp3) is 0.250. The van der Waals surface area contributed by atoms with Crippen molar-refractivity contribution in [3.8, 4) is 0 Å². The molecule has 10 heteroatoms. The summed E-state index contributed by atoms with van der Waals surface area (Å²) < 4.78 is 34.4. The minimum Gasteiger partial charge on any atom is -0.380 e. The Hall–Kier alpha value is -3.11. The quantitative estimate of drug-likeness (QED) is 0.433. The average Bonchev–Trinajstić information content (AvgIpc) is 3.25. The van der Waals surface area contributed by atoms with Gasteiger partial charge in [0.05, 0.1) is 27.9 Å². The number of nitrogens with zero attached hydrogens (tertiary/aromatic N) is 3. The molecule has 0 saturated carbocycles. The molecule has 0 spiro atoms. The Bertz CT molecular complexity index is 1200. The first kappa shape index (κ1) is 20.2. The molecular weight excluding hydrogens is 412 g/mol. The number of nitrogens with one attached hydrogen (secondary N) is 2. The van der Waals surface area contributed by atoms with Gasteiger partial charge in [0.1, 0.15) is 0 Å². The van der Waals surface area contributed by atoms with Gasteiger partial charge in [-0.1, -0.05) is 11.3 Å². The SMILES string of the molecule is CCOCCNC(=O)c1ccc2c(c1)nc(Nc1nc3cc(F)c(F)cc3s1)n2C. The van der Waals surface area contributed by atoms with E-state index in [1.54, 1.807) is 12.1 Å². The highest BCUT2D eigenvalue weighted by Crippen LogP contribution is 2.30. The summed E-state index contributed by atoms with van der Waals surface area (Å²) >= 11 is 1.20. The summed E-state index contributed by atoms with van der Waals surface area (Å²) in [5.74, 6) is -1.55. The highest BCUT2D eigenvalue weighted by molar-refractivity contribution is 7.22. The molecule has 30 heavy (non-hydrogen) atoms. The first-order valence-corrected chi connectivity index (χ1v) is 10.1. The van der Waals surface area contributed by atoms with Crippen LogP contribution in [0, 0.1) is 11.6 Å². The van der Waals surface area contributed by atoms with E-state index >= 15 is 0 Å². The Morgan fingerprint density at radius 2 is 1.97 bits per heavy atom. The van der Waals surface area contributed by atoms with Gasteiger partial charge in [0.2, 0.25) is 5.95 Å². The number of amides is 1. The Kier molecular flexibility index (Phi) is 5.60. The Balaban J connectivity index is 1.56. The Morgan fingerprint density at radius 1 is 1.17 bits per heavy atom. The third-order valence-corrected chi connectivity index (χ3v) is 5.46. The van der Waals surface area contributed by atoms with Crippen LogP contribution >= 0.6 is 11.3 Å². The predicted molar refractivity (Wildman–Crippen MR) is 112 cm³/mol. The van der Waals surface area contributed by atoms with Crippen molar-refractivity contribution >= 4 is 49.6 Å². The smallest absolute Gasteiger partial charge is 0.251 e. The number of benzene rings is 2. The fourth-order valence-corrected chi connectivity index (χ4v) is 3.87. The van der Waals surface area contributed by atoms with Crippen molar-refractivity contribution in [2.75, 3.05) is 25.1 Å². The van der Waals surface area contributed by atoms with Crippen molar-refractivity contribution in [2.24, 2.45) is 7.05 Å². The lowest BCUT2D eigenvalue weighted by Gasteiger charge is -2.05. The van der Waals surface area contributed by atoms with Gasteiger partial charge < -0.3 is 19.9 Å². The second kappa shape index (κ2) is 8.33. The number of aromatic nitrogens is 3. The van der Waals surface area contributed by atoms with Crippen LogP contribution in [-0.4, -0.2) is 40.2 Å². The summed E-state index contributed by atoms with van der Waals surface area (Å²) in [6.07, 6.45) is 0. The van der Waals surface area contributed by atoms with Gasteiger partial charge >= 0.3 is 0 Å². The van der Waals surface area contributed by atoms with Gasteiger partial charge in [0, 0.05) is 31.8 Å². The number of rotatable bonds is 7. The largest absolute Gasteiger partial charge is 0.380 e. The Labute approximate surface area is 174 Å². The average molecular weight is 431 g/mol. The highest BCUT2D eigenvalue weighted by Gasteiger charge is 2.14. The number of fused-ring (bicyclic) bond motifs is 2. The van der Waals surface area contributed by atoms with Crippen molar-refractivity contribution in [3.05, 3.63) is 47.5 Å². The highest BCUT2D eigenvalue weighted by atomic mass is 32.1. The lowest BCUT2D eigenvalue weighted by atomic mass is 10.2. The van der Waals surface area contributed by atoms with E-state index in [2.05, 4.69) is 20.6 Å². The van der Waals surface area contributed by atoms with E-state index in [1.165, 1.54) is 11.3 Å². The van der Waals surface area contributed by atoms with Crippen LogP contribution in [0.25, 0.3) is 21.3 Å². The molecule has 0 aliphatic carbocycles. The van der Waals surface area contributed by atoms with E-state index in [-0.39, 0.29) is 5.91 Å². The summed E-state index contributed by atoms with van der Waals surface area (Å²) in [6.45, 7) is 3.38. The standard InChI is InChI=1S/C20H19F2N5O2S/c1-3-29-7-6-23-18(28)11-4-5-16-14(8-11)24-19(27(16)2)26-20-25-15-9-12(21)13(22)10-17(15)30-20/h4-5,8-10H,3,6-7H2,1-2H3,(H,23,28)(H,24,25,26). The number of anilines is 2. The normalized spacial score (nSPS) is 11.3. The van der Waals surface area contributed by atoms with Crippen molar-refractivity contribution < 1.29 is 18.3 Å². The molecule has 7 nitrogen and oxygen atoms in total. The summed E-state index contributed by atoms with van der Waals surface area (Å²) in [4.78, 5) is 21.1. The van der Waals surface area contributed by atoms with Gasteiger partial charge in [-0.2, -0.15) is 0 Å². The van der Waals surface area contributed by atoms with Crippen molar-refractivity contribution in [1.82, 2.24) is 19.9 Å². The van der Waals surface area contributed by atoms with E-state index in [4.69, 9.17) is 4.74 Å². The van der Waals surface area contributed by atoms with E-state index < -0.39 is 11.6 Å². The molecule has 0 aliphatic rings. The van der Waals surface area contributed by atoms with Crippen molar-refractivity contribution in [2.45, 2.75) is 6.92 Å². The molecule has 4 rings (SSSR count). The van der Waals surface area contributed by atoms with Gasteiger partial charge in [-0.05, 0) is 31.2 Å². The molecule has 156 valence electrons. The lowest BCUT2D eigenvalue weighted by Crippen LogP contribution is -2.27. The zero-order valence-corrected chi connectivity index (χ0v) is 17.1. The molecule has 2 aromatic heterocycles. The summed E-state index contributed by atoms with van der Waals surface area (Å²) in [7, 11) is 1.83. The molecule has 4 aromatic rings. The van der Waals surface area contributed by atoms with Gasteiger partial charge in [0.15, 0.2) is 16.8 Å². The number of halogens is 2. The summed E-state index contributed by atoms with van der Waals surface area (Å²) in [5, 5.41) is 6.34. The molecule has 0 saturated heterocycles. The summed E-state index contributed by atoms with van der Waals surface area (Å²) in [5.41, 5.74) is 2.32. The minimum atomic E-state index is -0.936. The number of hydrogen-bond donors (Lipinski definition) is 2. The van der Waals surface area contributed by atoms with Crippen LogP contribution in [0.15, 0.2) is 30.3 Å². The first-order valence-electron chi connectivity index (χ1n) is 9.31. The van der Waals surface area contributed by atoms with Crippen LogP contribution < -0.4 is 10.6 Å². The van der Waals surface area contributed by atoms with Crippen LogP contribution in [0.4, 0.5) is 19.9 Å². The zero-order valence-electron chi connectivity index (χ0n) is 16.3. The topological polar surface area (TPSA) is 81.1 Å². The molecular formula is C20H19F2N5O2S. The number of aryl methyl sites for hydroxylation is 1. The molecule has 1 amide bonds. The first-order chi connectivity index (χ1) is 14.5. The molecule has 0 atom stereocenters. The molecule has 0 radical (unpaired) electrons. The van der Waals surface area contributed by atoms with E-state index in [1.807, 2.05) is 24.6 Å². The monoisotopic (exact) mass is 431 g/mol. The number of thiazole rings is 1. The number of carbonyl (C=O) groups excluding carboxylic acids is 1. The Morgan fingerprint density at radius 3 is 2.77 bits per heavy atom. The van der Waals surface area contributed by atoms with Crippen LogP contribution in [0.3, 0.4) is 0 Å². The van der Waals surface area contributed by atoms with E-state index in [9.17, 15) is 13.6 Å². The van der Waals surface area contributed by atoms with Crippen LogP contribution in [0.5, 0.6) is 0 Å². The molecule has 0 bridgehead atoms. The molecule has 0 fully saturated rings. The number of imidazole rings is 1. The minimum absolute atomic E-state index is 0.202. The molecule has 0 unspecified atom stereocenters. The van der Waals surface area contributed by atoms with Crippen LogP contribution in [-0.2, 0) is 11.8 Å². The van der Waals surface area contributed by atoms with Crippen molar-refractivity contribution in [1.29, 1.82) is 0 Å². The maximum absolute atomic E-state index is 13.4. The van der Waals surface area contributed by atoms with E-state index in [0.717, 1.165) is 17.6 Å². The molecule has 2 aromatic carbocycles. The van der Waals surface area contributed by atoms with E-state index in [0.29, 0.717) is 52.1 Å². The molecule has 2 heterocycles.